The number of rotatable bonds is 12. The molecule has 8 saturated carbocycles. The zero-order chi connectivity index (χ0) is 37.3. The molecule has 0 heterocycles. The molecule has 0 amide bonds. The predicted octanol–water partition coefficient (Wildman–Crippen LogP) is 11.7. The van der Waals surface area contributed by atoms with Gasteiger partial charge >= 0.3 is 0 Å². The molecular weight excluding hydrogens is 677 g/mol. The lowest BCUT2D eigenvalue weighted by atomic mass is 9.48. The first-order chi connectivity index (χ1) is 26.7. The maximum atomic E-state index is 11.8. The van der Waals surface area contributed by atoms with Crippen LogP contribution in [0.1, 0.15) is 128 Å². The largest absolute Gasteiger partial charge is 0.507 e. The third kappa shape index (κ3) is 6.84. The van der Waals surface area contributed by atoms with Crippen molar-refractivity contribution in [3.63, 3.8) is 0 Å². The molecule has 8 aliphatic carbocycles. The molecular formula is C51H60O4. The van der Waals surface area contributed by atoms with Crippen molar-refractivity contribution in [3.05, 3.63) is 117 Å². The standard InChI is InChI=1S/C51H60O4/c1-32-12-42(48(52)46(14-32)50-26-36-16-37(27-50)18-38(17-36)28-50)22-34-6-3-8-44(24-34)54-10-5-11-55-45-9-4-7-35(25-45)23-43-13-33(2)15-47(49(43)53)51-29-39-19-40(30-51)21-41(20-39)31-51/h3-4,6-9,12-15,24-25,36-41,52-53H,5,10-11,16-23,26-31H2,1-2H3. The molecule has 0 unspecified atom stereocenters. The van der Waals surface area contributed by atoms with Gasteiger partial charge in [0, 0.05) is 30.4 Å². The van der Waals surface area contributed by atoms with Gasteiger partial charge in [-0.25, -0.2) is 0 Å². The van der Waals surface area contributed by atoms with Crippen molar-refractivity contribution in [1.29, 1.82) is 0 Å². The Morgan fingerprint density at radius 3 is 1.24 bits per heavy atom. The van der Waals surface area contributed by atoms with Crippen LogP contribution in [-0.2, 0) is 23.7 Å². The molecule has 12 rings (SSSR count). The van der Waals surface area contributed by atoms with Gasteiger partial charge in [-0.3, -0.25) is 0 Å². The molecule has 4 aromatic rings. The van der Waals surface area contributed by atoms with Crippen LogP contribution in [0, 0.1) is 49.4 Å². The molecule has 0 aromatic heterocycles. The Kier molecular flexibility index (Phi) is 8.98. The third-order valence-electron chi connectivity index (χ3n) is 15.3. The van der Waals surface area contributed by atoms with Crippen molar-refractivity contribution in [1.82, 2.24) is 0 Å². The Balaban J connectivity index is 0.747. The Bertz CT molecular complexity index is 1860. The number of aromatic hydroxyl groups is 2. The van der Waals surface area contributed by atoms with Crippen LogP contribution >= 0.6 is 0 Å². The SMILES string of the molecule is Cc1cc(Cc2cccc(OCCCOc3cccc(Cc4cc(C)cc(C56CC7CC(CC(C7)C5)C6)c4O)c3)c2)c(O)c(C23CC4CC(CC(C4)C2)C3)c1. The fourth-order valence-electron chi connectivity index (χ4n) is 14.0. The second-order valence-electron chi connectivity index (χ2n) is 19.7. The average Bonchev–Trinajstić information content (AvgIpc) is 3.13. The summed E-state index contributed by atoms with van der Waals surface area (Å²) in [6.45, 7) is 5.52. The Morgan fingerprint density at radius 1 is 0.509 bits per heavy atom. The summed E-state index contributed by atoms with van der Waals surface area (Å²) in [6.07, 6.45) is 18.2. The van der Waals surface area contributed by atoms with Gasteiger partial charge in [0.1, 0.15) is 23.0 Å². The lowest BCUT2D eigenvalue weighted by Gasteiger charge is -2.57. The summed E-state index contributed by atoms with van der Waals surface area (Å²) < 4.78 is 12.4. The Hall–Kier alpha value is -3.92. The molecule has 8 aliphatic rings. The van der Waals surface area contributed by atoms with Gasteiger partial charge in [0.05, 0.1) is 13.2 Å². The molecule has 0 atom stereocenters. The van der Waals surface area contributed by atoms with Crippen molar-refractivity contribution >= 4 is 0 Å². The summed E-state index contributed by atoms with van der Waals surface area (Å²) in [5, 5.41) is 23.5. The first-order valence-corrected chi connectivity index (χ1v) is 21.8. The van der Waals surface area contributed by atoms with Gasteiger partial charge in [0.25, 0.3) is 0 Å². The van der Waals surface area contributed by atoms with Gasteiger partial charge in [-0.1, -0.05) is 59.7 Å². The minimum Gasteiger partial charge on any atom is -0.507 e. The van der Waals surface area contributed by atoms with Gasteiger partial charge in [-0.15, -0.1) is 0 Å². The lowest BCUT2D eigenvalue weighted by Crippen LogP contribution is -2.48. The fraction of sp³-hybridized carbons (Fsp3) is 0.529. The zero-order valence-corrected chi connectivity index (χ0v) is 33.1. The molecule has 0 radical (unpaired) electrons. The van der Waals surface area contributed by atoms with E-state index in [1.807, 2.05) is 12.1 Å². The number of phenols is 2. The average molecular weight is 737 g/mol. The maximum absolute atomic E-state index is 11.8. The van der Waals surface area contributed by atoms with Gasteiger partial charge in [-0.05, 0) is 184 Å². The van der Waals surface area contributed by atoms with Crippen LogP contribution in [0.5, 0.6) is 23.0 Å². The summed E-state index contributed by atoms with van der Waals surface area (Å²) in [4.78, 5) is 0. The summed E-state index contributed by atoms with van der Waals surface area (Å²) >= 11 is 0. The summed E-state index contributed by atoms with van der Waals surface area (Å²) in [5.41, 5.74) is 9.73. The van der Waals surface area contributed by atoms with E-state index in [-0.39, 0.29) is 10.8 Å². The number of hydrogen-bond acceptors (Lipinski definition) is 4. The van der Waals surface area contributed by atoms with Crippen LogP contribution in [0.4, 0.5) is 0 Å². The fourth-order valence-corrected chi connectivity index (χ4v) is 14.0. The Morgan fingerprint density at radius 2 is 0.873 bits per heavy atom. The number of benzene rings is 4. The van der Waals surface area contributed by atoms with E-state index in [9.17, 15) is 10.2 Å². The second-order valence-corrected chi connectivity index (χ2v) is 19.7. The third-order valence-corrected chi connectivity index (χ3v) is 15.3. The molecule has 0 spiro atoms. The number of hydrogen-bond donors (Lipinski definition) is 2. The Labute approximate surface area is 328 Å². The predicted molar refractivity (Wildman–Crippen MR) is 219 cm³/mol. The summed E-state index contributed by atoms with van der Waals surface area (Å²) in [7, 11) is 0. The molecule has 4 nitrogen and oxygen atoms in total. The smallest absolute Gasteiger partial charge is 0.122 e. The first-order valence-electron chi connectivity index (χ1n) is 21.8. The van der Waals surface area contributed by atoms with E-state index >= 15 is 0 Å². The molecule has 55 heavy (non-hydrogen) atoms. The van der Waals surface area contributed by atoms with Crippen LogP contribution < -0.4 is 9.47 Å². The van der Waals surface area contributed by atoms with Gasteiger partial charge in [0.2, 0.25) is 0 Å². The molecule has 8 fully saturated rings. The quantitative estimate of drug-likeness (QED) is 0.142. The molecule has 2 N–H and O–H groups in total. The van der Waals surface area contributed by atoms with Crippen molar-refractivity contribution < 1.29 is 19.7 Å². The van der Waals surface area contributed by atoms with E-state index in [0.29, 0.717) is 37.6 Å². The highest BCUT2D eigenvalue weighted by molar-refractivity contribution is 5.52. The van der Waals surface area contributed by atoms with Crippen molar-refractivity contribution in [2.45, 2.75) is 121 Å². The highest BCUT2D eigenvalue weighted by Crippen LogP contribution is 2.63. The molecule has 0 aliphatic heterocycles. The first kappa shape index (κ1) is 35.5. The van der Waals surface area contributed by atoms with Crippen LogP contribution in [0.15, 0.2) is 72.8 Å². The number of ether oxygens (including phenoxy) is 2. The number of phenolic OH excluding ortho intramolecular Hbond substituents is 2. The van der Waals surface area contributed by atoms with Gasteiger partial charge in [0.15, 0.2) is 0 Å². The van der Waals surface area contributed by atoms with E-state index in [1.54, 1.807) is 0 Å². The van der Waals surface area contributed by atoms with Gasteiger partial charge < -0.3 is 19.7 Å². The highest BCUT2D eigenvalue weighted by atomic mass is 16.5. The number of aryl methyl sites for hydroxylation is 2. The summed E-state index contributed by atoms with van der Waals surface area (Å²) in [6, 6.07) is 25.7. The molecule has 288 valence electrons. The maximum Gasteiger partial charge on any atom is 0.122 e. The van der Waals surface area contributed by atoms with E-state index in [4.69, 9.17) is 9.47 Å². The van der Waals surface area contributed by atoms with E-state index in [0.717, 1.165) is 75.7 Å². The van der Waals surface area contributed by atoms with Crippen LogP contribution in [0.25, 0.3) is 0 Å². The summed E-state index contributed by atoms with van der Waals surface area (Å²) in [5.74, 6) is 7.90. The van der Waals surface area contributed by atoms with Crippen molar-refractivity contribution in [3.8, 4) is 23.0 Å². The minimum atomic E-state index is 0.176. The molecule has 4 aromatic carbocycles. The zero-order valence-electron chi connectivity index (χ0n) is 33.1. The normalized spacial score (nSPS) is 31.2. The van der Waals surface area contributed by atoms with E-state index in [2.05, 4.69) is 74.5 Å². The van der Waals surface area contributed by atoms with Crippen LogP contribution in [-0.4, -0.2) is 23.4 Å². The topological polar surface area (TPSA) is 58.9 Å². The van der Waals surface area contributed by atoms with Crippen molar-refractivity contribution in [2.24, 2.45) is 35.5 Å². The monoisotopic (exact) mass is 736 g/mol. The highest BCUT2D eigenvalue weighted by Gasteiger charge is 2.54. The minimum absolute atomic E-state index is 0.176. The van der Waals surface area contributed by atoms with Crippen LogP contribution in [0.2, 0.25) is 0 Å². The second kappa shape index (κ2) is 13.9. The van der Waals surface area contributed by atoms with Crippen LogP contribution in [0.3, 0.4) is 0 Å². The lowest BCUT2D eigenvalue weighted by molar-refractivity contribution is -0.00635. The van der Waals surface area contributed by atoms with E-state index in [1.165, 1.54) is 99.3 Å². The van der Waals surface area contributed by atoms with Crippen molar-refractivity contribution in [2.75, 3.05) is 13.2 Å². The van der Waals surface area contributed by atoms with Gasteiger partial charge in [-0.2, -0.15) is 0 Å². The van der Waals surface area contributed by atoms with E-state index < -0.39 is 0 Å². The molecule has 8 bridgehead atoms. The molecule has 4 heteroatoms. The molecule has 0 saturated heterocycles.